The fourth-order valence-corrected chi connectivity index (χ4v) is 2.65. The Morgan fingerprint density at radius 3 is 2.72 bits per heavy atom. The Morgan fingerprint density at radius 2 is 2.06 bits per heavy atom. The van der Waals surface area contributed by atoms with Crippen molar-refractivity contribution in [1.82, 2.24) is 9.80 Å². The van der Waals surface area contributed by atoms with E-state index < -0.39 is 0 Å². The van der Waals surface area contributed by atoms with Gasteiger partial charge in [0.05, 0.1) is 19.3 Å². The van der Waals surface area contributed by atoms with E-state index in [0.29, 0.717) is 25.7 Å². The van der Waals surface area contributed by atoms with Crippen LogP contribution < -0.4 is 5.73 Å². The van der Waals surface area contributed by atoms with Crippen molar-refractivity contribution in [2.45, 2.75) is 38.3 Å². The molecule has 0 radical (unpaired) electrons. The third-order valence-electron chi connectivity index (χ3n) is 3.94. The Labute approximate surface area is 109 Å². The molecule has 2 aliphatic heterocycles. The second-order valence-electron chi connectivity index (χ2n) is 5.41. The minimum atomic E-state index is 0.0790. The average molecular weight is 255 g/mol. The van der Waals surface area contributed by atoms with Crippen LogP contribution in [-0.4, -0.2) is 67.2 Å². The number of ether oxygens (including phenoxy) is 1. The van der Waals surface area contributed by atoms with Crippen LogP contribution in [0.25, 0.3) is 0 Å². The average Bonchev–Trinajstić information content (AvgIpc) is 2.42. The smallest absolute Gasteiger partial charge is 0.236 e. The van der Waals surface area contributed by atoms with E-state index in [0.717, 1.165) is 32.5 Å². The minimum Gasteiger partial charge on any atom is -0.374 e. The zero-order chi connectivity index (χ0) is 13.0. The number of nitrogens with zero attached hydrogens (tertiary/aromatic N) is 2. The Morgan fingerprint density at radius 1 is 1.33 bits per heavy atom. The molecule has 0 spiro atoms. The van der Waals surface area contributed by atoms with Crippen molar-refractivity contribution in [2.75, 3.05) is 39.3 Å². The molecule has 5 heteroatoms. The normalized spacial score (nSPS) is 30.4. The molecule has 1 amide bonds. The second-order valence-corrected chi connectivity index (χ2v) is 5.41. The van der Waals surface area contributed by atoms with Gasteiger partial charge in [0.15, 0.2) is 0 Å². The highest BCUT2D eigenvalue weighted by molar-refractivity contribution is 5.78. The van der Waals surface area contributed by atoms with Crippen LogP contribution in [0.3, 0.4) is 0 Å². The zero-order valence-electron chi connectivity index (χ0n) is 11.3. The van der Waals surface area contributed by atoms with Crippen molar-refractivity contribution in [3.05, 3.63) is 0 Å². The lowest BCUT2D eigenvalue weighted by Crippen LogP contribution is -2.54. The van der Waals surface area contributed by atoms with E-state index >= 15 is 0 Å². The minimum absolute atomic E-state index is 0.0790. The molecule has 2 atom stereocenters. The number of hydrogen-bond acceptors (Lipinski definition) is 4. The van der Waals surface area contributed by atoms with Crippen LogP contribution in [0.1, 0.15) is 26.2 Å². The molecule has 0 aromatic heterocycles. The number of carbonyl (C=O) groups excluding carboxylic acids is 1. The molecule has 0 aromatic rings. The second kappa shape index (κ2) is 6.50. The quantitative estimate of drug-likeness (QED) is 0.774. The van der Waals surface area contributed by atoms with Crippen LogP contribution in [0.5, 0.6) is 0 Å². The molecular formula is C13H25N3O2. The lowest BCUT2D eigenvalue weighted by atomic mass is 10.1. The van der Waals surface area contributed by atoms with Gasteiger partial charge in [0.2, 0.25) is 5.91 Å². The van der Waals surface area contributed by atoms with Crippen molar-refractivity contribution in [1.29, 1.82) is 0 Å². The summed E-state index contributed by atoms with van der Waals surface area (Å²) in [4.78, 5) is 16.4. The number of morpholine rings is 1. The molecule has 0 saturated carbocycles. The van der Waals surface area contributed by atoms with E-state index in [4.69, 9.17) is 10.5 Å². The van der Waals surface area contributed by atoms with Crippen molar-refractivity contribution >= 4 is 5.91 Å². The maximum absolute atomic E-state index is 12.2. The van der Waals surface area contributed by atoms with Gasteiger partial charge in [-0.05, 0) is 26.2 Å². The molecule has 2 saturated heterocycles. The van der Waals surface area contributed by atoms with Gasteiger partial charge < -0.3 is 15.4 Å². The van der Waals surface area contributed by atoms with E-state index in [1.165, 1.54) is 6.42 Å². The van der Waals surface area contributed by atoms with Crippen LogP contribution in [0.2, 0.25) is 0 Å². The first-order valence-electron chi connectivity index (χ1n) is 7.04. The number of amides is 1. The number of rotatable bonds is 3. The molecule has 2 heterocycles. The van der Waals surface area contributed by atoms with Gasteiger partial charge in [0.1, 0.15) is 0 Å². The predicted molar refractivity (Wildman–Crippen MR) is 70.3 cm³/mol. The van der Waals surface area contributed by atoms with Gasteiger partial charge >= 0.3 is 0 Å². The van der Waals surface area contributed by atoms with Gasteiger partial charge in [-0.2, -0.15) is 0 Å². The lowest BCUT2D eigenvalue weighted by molar-refractivity contribution is -0.137. The van der Waals surface area contributed by atoms with Gasteiger partial charge in [0.25, 0.3) is 0 Å². The molecule has 2 N–H and O–H groups in total. The third kappa shape index (κ3) is 3.43. The van der Waals surface area contributed by atoms with Crippen LogP contribution >= 0.6 is 0 Å². The highest BCUT2D eigenvalue weighted by atomic mass is 16.5. The summed E-state index contributed by atoms with van der Waals surface area (Å²) in [7, 11) is 0. The van der Waals surface area contributed by atoms with E-state index in [1.54, 1.807) is 0 Å². The van der Waals surface area contributed by atoms with Crippen LogP contribution in [-0.2, 0) is 9.53 Å². The molecule has 5 nitrogen and oxygen atoms in total. The Bertz CT molecular complexity index is 279. The molecule has 104 valence electrons. The first-order chi connectivity index (χ1) is 8.70. The summed E-state index contributed by atoms with van der Waals surface area (Å²) < 4.78 is 5.61. The molecular weight excluding hydrogens is 230 g/mol. The standard InChI is InChI=1S/C13H25N3O2/c1-11-10-18-12(7-14)8-16(11)9-13(17)15-5-3-2-4-6-15/h11-12H,2-10,14H2,1H3. The van der Waals surface area contributed by atoms with Gasteiger partial charge in [-0.25, -0.2) is 0 Å². The van der Waals surface area contributed by atoms with E-state index in [2.05, 4.69) is 11.8 Å². The first kappa shape index (κ1) is 13.8. The van der Waals surface area contributed by atoms with Crippen molar-refractivity contribution in [3.8, 4) is 0 Å². The topological polar surface area (TPSA) is 58.8 Å². The van der Waals surface area contributed by atoms with Gasteiger partial charge in [0, 0.05) is 32.2 Å². The summed E-state index contributed by atoms with van der Waals surface area (Å²) in [6, 6.07) is 0.307. The third-order valence-corrected chi connectivity index (χ3v) is 3.94. The summed E-state index contributed by atoms with van der Waals surface area (Å²) in [5.41, 5.74) is 5.64. The fourth-order valence-electron chi connectivity index (χ4n) is 2.65. The summed E-state index contributed by atoms with van der Waals surface area (Å²) in [5, 5.41) is 0. The number of nitrogens with two attached hydrogens (primary N) is 1. The largest absolute Gasteiger partial charge is 0.374 e. The highest BCUT2D eigenvalue weighted by Gasteiger charge is 2.28. The van der Waals surface area contributed by atoms with E-state index in [-0.39, 0.29) is 12.0 Å². The van der Waals surface area contributed by atoms with Crippen LogP contribution in [0.15, 0.2) is 0 Å². The van der Waals surface area contributed by atoms with Gasteiger partial charge in [-0.3, -0.25) is 9.69 Å². The molecule has 2 fully saturated rings. The van der Waals surface area contributed by atoms with Crippen molar-refractivity contribution in [2.24, 2.45) is 5.73 Å². The summed E-state index contributed by atoms with van der Waals surface area (Å²) in [6.07, 6.45) is 3.63. The lowest BCUT2D eigenvalue weighted by Gasteiger charge is -2.38. The number of carbonyl (C=O) groups is 1. The first-order valence-corrected chi connectivity index (χ1v) is 7.04. The molecule has 2 rings (SSSR count). The van der Waals surface area contributed by atoms with Crippen molar-refractivity contribution < 1.29 is 9.53 Å². The zero-order valence-corrected chi connectivity index (χ0v) is 11.3. The fraction of sp³-hybridized carbons (Fsp3) is 0.923. The molecule has 2 unspecified atom stereocenters. The Kier molecular flexibility index (Phi) is 4.97. The van der Waals surface area contributed by atoms with E-state index in [1.807, 2.05) is 4.90 Å². The van der Waals surface area contributed by atoms with Gasteiger partial charge in [-0.15, -0.1) is 0 Å². The summed E-state index contributed by atoms with van der Waals surface area (Å²) >= 11 is 0. The number of piperidine rings is 1. The maximum Gasteiger partial charge on any atom is 0.236 e. The molecule has 0 bridgehead atoms. The highest BCUT2D eigenvalue weighted by Crippen LogP contribution is 2.13. The maximum atomic E-state index is 12.2. The molecule has 0 aromatic carbocycles. The Hall–Kier alpha value is -0.650. The van der Waals surface area contributed by atoms with Crippen LogP contribution in [0.4, 0.5) is 0 Å². The van der Waals surface area contributed by atoms with Gasteiger partial charge in [-0.1, -0.05) is 0 Å². The van der Waals surface area contributed by atoms with Crippen molar-refractivity contribution in [3.63, 3.8) is 0 Å². The number of likely N-dealkylation sites (tertiary alicyclic amines) is 1. The molecule has 0 aliphatic carbocycles. The molecule has 18 heavy (non-hydrogen) atoms. The SMILES string of the molecule is CC1COC(CN)CN1CC(=O)N1CCCCC1. The van der Waals surface area contributed by atoms with Crippen LogP contribution in [0, 0.1) is 0 Å². The Balaban J connectivity index is 1.84. The van der Waals surface area contributed by atoms with E-state index in [9.17, 15) is 4.79 Å². The number of hydrogen-bond donors (Lipinski definition) is 1. The summed E-state index contributed by atoms with van der Waals surface area (Å²) in [5.74, 6) is 0.263. The molecule has 2 aliphatic rings. The monoisotopic (exact) mass is 255 g/mol. The predicted octanol–water partition coefficient (Wildman–Crippen LogP) is 0.0469. The summed E-state index contributed by atoms with van der Waals surface area (Å²) in [6.45, 7) is 6.46.